The minimum absolute atomic E-state index is 0.724. The van der Waals surface area contributed by atoms with Crippen LogP contribution in [0.15, 0.2) is 36.4 Å². The molecule has 0 aliphatic heterocycles. The summed E-state index contributed by atoms with van der Waals surface area (Å²) in [6.07, 6.45) is 2.31. The van der Waals surface area contributed by atoms with Gasteiger partial charge in [0.25, 0.3) is 0 Å². The van der Waals surface area contributed by atoms with Gasteiger partial charge in [0.05, 0.1) is 5.69 Å². The molecule has 3 nitrogen and oxygen atoms in total. The highest BCUT2D eigenvalue weighted by Gasteiger charge is 2.03. The van der Waals surface area contributed by atoms with E-state index in [0.29, 0.717) is 0 Å². The minimum Gasteiger partial charge on any atom is -0.354 e. The van der Waals surface area contributed by atoms with E-state index in [2.05, 4.69) is 34.3 Å². The van der Waals surface area contributed by atoms with Crippen LogP contribution in [0.1, 0.15) is 25.5 Å². The molecule has 1 N–H and O–H groups in total. The Balaban J connectivity index is 2.21. The van der Waals surface area contributed by atoms with Crippen LogP contribution in [0.4, 0.5) is 5.95 Å². The van der Waals surface area contributed by atoms with Gasteiger partial charge >= 0.3 is 0 Å². The van der Waals surface area contributed by atoms with Crippen LogP contribution in [0.2, 0.25) is 0 Å². The van der Waals surface area contributed by atoms with Crippen LogP contribution < -0.4 is 5.32 Å². The van der Waals surface area contributed by atoms with Gasteiger partial charge in [-0.25, -0.2) is 9.97 Å². The lowest BCUT2D eigenvalue weighted by Gasteiger charge is -2.07. The lowest BCUT2D eigenvalue weighted by Crippen LogP contribution is -2.06. The maximum Gasteiger partial charge on any atom is 0.223 e. The number of nitrogens with zero attached hydrogens (tertiary/aromatic N) is 2. The zero-order valence-electron chi connectivity index (χ0n) is 11.0. The number of aromatic nitrogens is 2. The van der Waals surface area contributed by atoms with Crippen LogP contribution in [-0.2, 0) is 0 Å². The lowest BCUT2D eigenvalue weighted by molar-refractivity contribution is 0.825. The second-order valence-corrected chi connectivity index (χ2v) is 4.36. The second-order valence-electron chi connectivity index (χ2n) is 4.36. The molecule has 0 amide bonds. The van der Waals surface area contributed by atoms with E-state index in [1.54, 1.807) is 0 Å². The number of benzene rings is 1. The largest absolute Gasteiger partial charge is 0.354 e. The van der Waals surface area contributed by atoms with Crippen molar-refractivity contribution < 1.29 is 0 Å². The van der Waals surface area contributed by atoms with Crippen molar-refractivity contribution in [3.8, 4) is 11.3 Å². The average Bonchev–Trinajstić information content (AvgIpc) is 2.39. The van der Waals surface area contributed by atoms with E-state index in [-0.39, 0.29) is 0 Å². The molecular formula is C15H19N3. The summed E-state index contributed by atoms with van der Waals surface area (Å²) >= 11 is 0. The highest BCUT2D eigenvalue weighted by molar-refractivity contribution is 5.60. The topological polar surface area (TPSA) is 37.8 Å². The van der Waals surface area contributed by atoms with Crippen LogP contribution in [0.3, 0.4) is 0 Å². The van der Waals surface area contributed by atoms with Crippen molar-refractivity contribution in [1.29, 1.82) is 0 Å². The number of aryl methyl sites for hydroxylation is 1. The molecule has 94 valence electrons. The first kappa shape index (κ1) is 12.6. The maximum absolute atomic E-state index is 4.55. The molecule has 0 atom stereocenters. The molecule has 0 saturated carbocycles. The fraction of sp³-hybridized carbons (Fsp3) is 0.333. The summed E-state index contributed by atoms with van der Waals surface area (Å²) in [5, 5.41) is 3.27. The molecule has 0 bridgehead atoms. The van der Waals surface area contributed by atoms with Crippen molar-refractivity contribution in [2.75, 3.05) is 11.9 Å². The number of unbranched alkanes of at least 4 members (excludes halogenated alkanes) is 1. The monoisotopic (exact) mass is 241 g/mol. The predicted octanol–water partition coefficient (Wildman–Crippen LogP) is 3.66. The van der Waals surface area contributed by atoms with E-state index in [1.165, 1.54) is 6.42 Å². The number of nitrogens with one attached hydrogen (secondary N) is 1. The summed E-state index contributed by atoms with van der Waals surface area (Å²) in [5.41, 5.74) is 3.09. The van der Waals surface area contributed by atoms with Gasteiger partial charge in [0.1, 0.15) is 0 Å². The Hall–Kier alpha value is -1.90. The molecule has 3 heteroatoms. The lowest BCUT2D eigenvalue weighted by atomic mass is 10.1. The third kappa shape index (κ3) is 3.29. The molecule has 18 heavy (non-hydrogen) atoms. The van der Waals surface area contributed by atoms with E-state index in [9.17, 15) is 0 Å². The van der Waals surface area contributed by atoms with Crippen LogP contribution >= 0.6 is 0 Å². The van der Waals surface area contributed by atoms with Crippen LogP contribution in [0, 0.1) is 6.92 Å². The summed E-state index contributed by atoms with van der Waals surface area (Å²) in [4.78, 5) is 8.96. The number of hydrogen-bond donors (Lipinski definition) is 1. The molecule has 0 saturated heterocycles. The molecule has 1 aromatic carbocycles. The Kier molecular flexibility index (Phi) is 4.29. The summed E-state index contributed by atoms with van der Waals surface area (Å²) in [7, 11) is 0. The van der Waals surface area contributed by atoms with Gasteiger partial charge in [0.2, 0.25) is 5.95 Å². The van der Waals surface area contributed by atoms with E-state index < -0.39 is 0 Å². The summed E-state index contributed by atoms with van der Waals surface area (Å²) in [6, 6.07) is 12.2. The number of rotatable bonds is 5. The van der Waals surface area contributed by atoms with Gasteiger partial charge in [-0.3, -0.25) is 0 Å². The zero-order chi connectivity index (χ0) is 12.8. The van der Waals surface area contributed by atoms with Gasteiger partial charge < -0.3 is 5.32 Å². The number of anilines is 1. The van der Waals surface area contributed by atoms with E-state index in [4.69, 9.17) is 0 Å². The Bertz CT molecular complexity index is 494. The average molecular weight is 241 g/mol. The first-order valence-corrected chi connectivity index (χ1v) is 6.44. The third-order valence-corrected chi connectivity index (χ3v) is 2.74. The van der Waals surface area contributed by atoms with Gasteiger partial charge in [-0.1, -0.05) is 43.7 Å². The van der Waals surface area contributed by atoms with Crippen molar-refractivity contribution in [2.45, 2.75) is 26.7 Å². The van der Waals surface area contributed by atoms with E-state index in [1.807, 2.05) is 31.2 Å². The Labute approximate surface area is 108 Å². The highest BCUT2D eigenvalue weighted by atomic mass is 15.1. The van der Waals surface area contributed by atoms with Crippen LogP contribution in [0.5, 0.6) is 0 Å². The van der Waals surface area contributed by atoms with Gasteiger partial charge in [0, 0.05) is 17.8 Å². The third-order valence-electron chi connectivity index (χ3n) is 2.74. The van der Waals surface area contributed by atoms with Gasteiger partial charge in [0.15, 0.2) is 0 Å². The Morgan fingerprint density at radius 1 is 1.11 bits per heavy atom. The minimum atomic E-state index is 0.724. The molecule has 0 fully saturated rings. The molecule has 0 unspecified atom stereocenters. The highest BCUT2D eigenvalue weighted by Crippen LogP contribution is 2.18. The normalized spacial score (nSPS) is 10.3. The summed E-state index contributed by atoms with van der Waals surface area (Å²) in [5.74, 6) is 0.724. The maximum atomic E-state index is 4.55. The Morgan fingerprint density at radius 2 is 1.89 bits per heavy atom. The van der Waals surface area contributed by atoms with E-state index in [0.717, 1.165) is 35.9 Å². The Morgan fingerprint density at radius 3 is 2.61 bits per heavy atom. The van der Waals surface area contributed by atoms with E-state index >= 15 is 0 Å². The van der Waals surface area contributed by atoms with Crippen molar-refractivity contribution in [3.05, 3.63) is 42.1 Å². The van der Waals surface area contributed by atoms with Crippen LogP contribution in [-0.4, -0.2) is 16.5 Å². The van der Waals surface area contributed by atoms with Gasteiger partial charge in [-0.2, -0.15) is 0 Å². The van der Waals surface area contributed by atoms with Crippen molar-refractivity contribution in [2.24, 2.45) is 0 Å². The van der Waals surface area contributed by atoms with Crippen LogP contribution in [0.25, 0.3) is 11.3 Å². The van der Waals surface area contributed by atoms with Crippen molar-refractivity contribution in [1.82, 2.24) is 9.97 Å². The molecule has 2 aromatic rings. The smallest absolute Gasteiger partial charge is 0.223 e. The number of hydrogen-bond acceptors (Lipinski definition) is 3. The molecule has 0 aliphatic carbocycles. The molecule has 1 aromatic heterocycles. The molecule has 2 rings (SSSR count). The van der Waals surface area contributed by atoms with Crippen molar-refractivity contribution >= 4 is 5.95 Å². The fourth-order valence-electron chi connectivity index (χ4n) is 1.78. The summed E-state index contributed by atoms with van der Waals surface area (Å²) < 4.78 is 0. The second kappa shape index (κ2) is 6.15. The fourth-order valence-corrected chi connectivity index (χ4v) is 1.78. The molecule has 0 aliphatic rings. The summed E-state index contributed by atoms with van der Waals surface area (Å²) in [6.45, 7) is 5.10. The standard InChI is InChI=1S/C15H19N3/c1-3-4-10-16-15-17-12(2)11-14(18-15)13-8-6-5-7-9-13/h5-9,11H,3-4,10H2,1-2H3,(H,16,17,18). The SMILES string of the molecule is CCCCNc1nc(C)cc(-c2ccccc2)n1. The molecule has 0 radical (unpaired) electrons. The molecular weight excluding hydrogens is 222 g/mol. The predicted molar refractivity (Wildman–Crippen MR) is 75.6 cm³/mol. The van der Waals surface area contributed by atoms with Crippen molar-refractivity contribution in [3.63, 3.8) is 0 Å². The van der Waals surface area contributed by atoms with Gasteiger partial charge in [-0.05, 0) is 19.4 Å². The molecule has 0 spiro atoms. The quantitative estimate of drug-likeness (QED) is 0.812. The zero-order valence-corrected chi connectivity index (χ0v) is 11.0. The first-order chi connectivity index (χ1) is 8.79. The molecule has 1 heterocycles. The first-order valence-electron chi connectivity index (χ1n) is 6.44. The van der Waals surface area contributed by atoms with Gasteiger partial charge in [-0.15, -0.1) is 0 Å².